The van der Waals surface area contributed by atoms with E-state index in [9.17, 15) is 4.79 Å². The largest absolute Gasteiger partial charge is 0.461 e. The molecule has 2 aromatic carbocycles. The van der Waals surface area contributed by atoms with Crippen LogP contribution < -0.4 is 0 Å². The number of hydrogen-bond acceptors (Lipinski definition) is 4. The van der Waals surface area contributed by atoms with Crippen molar-refractivity contribution >= 4 is 51.0 Å². The summed E-state index contributed by atoms with van der Waals surface area (Å²) < 4.78 is 7.62. The van der Waals surface area contributed by atoms with Crippen LogP contribution in [0.5, 0.6) is 0 Å². The highest BCUT2D eigenvalue weighted by Crippen LogP contribution is 2.31. The van der Waals surface area contributed by atoms with Gasteiger partial charge in [-0.3, -0.25) is 4.98 Å². The van der Waals surface area contributed by atoms with Crippen LogP contribution in [0.15, 0.2) is 79.3 Å². The molecular weight excluding hydrogens is 469 g/mol. The number of rotatable bonds is 7. The van der Waals surface area contributed by atoms with Crippen LogP contribution in [0.1, 0.15) is 28.0 Å². The minimum atomic E-state index is -0.425. The molecule has 34 heavy (non-hydrogen) atoms. The Morgan fingerprint density at radius 3 is 2.62 bits per heavy atom. The number of aromatic nitrogens is 3. The third-order valence-corrected chi connectivity index (χ3v) is 6.40. The van der Waals surface area contributed by atoms with Gasteiger partial charge in [-0.05, 0) is 66.4 Å². The van der Waals surface area contributed by atoms with Gasteiger partial charge in [0.05, 0.1) is 18.3 Å². The summed E-state index contributed by atoms with van der Waals surface area (Å²) in [5.41, 5.74) is 4.30. The second-order valence-electron chi connectivity index (χ2n) is 8.02. The predicted octanol–water partition coefficient (Wildman–Crippen LogP) is 6.73. The Kier molecular flexibility index (Phi) is 6.48. The standard InChI is InChI=1S/C27H21Cl2N3O2/c28-20-7-8-23(29)19(14-20)17-32-25-6-2-1-5-21(25)22-15-24(31-16-26(22)32)27(33)34-13-3-4-18-9-11-30-12-10-18/h1-2,5-12,14-16H,3-4,13,17H2. The molecule has 0 unspecified atom stereocenters. The van der Waals surface area contributed by atoms with Crippen LogP contribution in [0.4, 0.5) is 0 Å². The van der Waals surface area contributed by atoms with E-state index >= 15 is 0 Å². The third-order valence-electron chi connectivity index (χ3n) is 5.80. The van der Waals surface area contributed by atoms with E-state index in [4.69, 9.17) is 27.9 Å². The first kappa shape index (κ1) is 22.4. The van der Waals surface area contributed by atoms with Crippen LogP contribution in [0.25, 0.3) is 21.8 Å². The maximum atomic E-state index is 12.7. The van der Waals surface area contributed by atoms with Gasteiger partial charge in [-0.1, -0.05) is 41.4 Å². The Balaban J connectivity index is 1.40. The number of pyridine rings is 2. The number of carbonyl (C=O) groups excluding carboxylic acids is 1. The van der Waals surface area contributed by atoms with Crippen molar-refractivity contribution in [2.75, 3.05) is 6.61 Å². The number of para-hydroxylation sites is 1. The summed E-state index contributed by atoms with van der Waals surface area (Å²) in [6.07, 6.45) is 6.80. The normalized spacial score (nSPS) is 11.2. The van der Waals surface area contributed by atoms with Crippen molar-refractivity contribution in [3.63, 3.8) is 0 Å². The summed E-state index contributed by atoms with van der Waals surface area (Å²) in [7, 11) is 0. The highest BCUT2D eigenvalue weighted by molar-refractivity contribution is 6.33. The molecule has 0 atom stereocenters. The first-order valence-corrected chi connectivity index (χ1v) is 11.7. The number of fused-ring (bicyclic) bond motifs is 3. The summed E-state index contributed by atoms with van der Waals surface area (Å²) in [5.74, 6) is -0.425. The molecule has 170 valence electrons. The molecule has 0 fully saturated rings. The zero-order valence-electron chi connectivity index (χ0n) is 18.2. The second-order valence-corrected chi connectivity index (χ2v) is 8.86. The van der Waals surface area contributed by atoms with Crippen molar-refractivity contribution in [1.82, 2.24) is 14.5 Å². The molecule has 0 bridgehead atoms. The molecule has 3 aromatic heterocycles. The van der Waals surface area contributed by atoms with E-state index in [0.29, 0.717) is 28.9 Å². The summed E-state index contributed by atoms with van der Waals surface area (Å²) in [6.45, 7) is 0.861. The van der Waals surface area contributed by atoms with Crippen LogP contribution in [-0.2, 0) is 17.7 Å². The number of nitrogens with zero attached hydrogens (tertiary/aromatic N) is 3. The van der Waals surface area contributed by atoms with Crippen molar-refractivity contribution in [2.45, 2.75) is 19.4 Å². The number of carbonyl (C=O) groups is 1. The number of esters is 1. The number of hydrogen-bond donors (Lipinski definition) is 0. The second kappa shape index (κ2) is 9.84. The van der Waals surface area contributed by atoms with Gasteiger partial charge in [-0.2, -0.15) is 0 Å². The van der Waals surface area contributed by atoms with Gasteiger partial charge in [0.25, 0.3) is 0 Å². The minimum Gasteiger partial charge on any atom is -0.461 e. The molecule has 0 amide bonds. The first-order chi connectivity index (χ1) is 16.6. The lowest BCUT2D eigenvalue weighted by Crippen LogP contribution is -2.09. The van der Waals surface area contributed by atoms with E-state index in [0.717, 1.165) is 40.2 Å². The highest BCUT2D eigenvalue weighted by Gasteiger charge is 2.16. The fourth-order valence-corrected chi connectivity index (χ4v) is 4.50. The van der Waals surface area contributed by atoms with Crippen molar-refractivity contribution in [3.8, 4) is 0 Å². The van der Waals surface area contributed by atoms with Crippen LogP contribution >= 0.6 is 23.2 Å². The number of aryl methyl sites for hydroxylation is 1. The number of benzene rings is 2. The van der Waals surface area contributed by atoms with Crippen molar-refractivity contribution in [2.24, 2.45) is 0 Å². The monoisotopic (exact) mass is 489 g/mol. The van der Waals surface area contributed by atoms with Crippen LogP contribution in [-0.4, -0.2) is 27.1 Å². The molecule has 0 aliphatic heterocycles. The van der Waals surface area contributed by atoms with E-state index in [1.165, 1.54) is 5.56 Å². The van der Waals surface area contributed by atoms with Gasteiger partial charge < -0.3 is 9.30 Å². The maximum Gasteiger partial charge on any atom is 0.356 e. The van der Waals surface area contributed by atoms with Crippen LogP contribution in [0.3, 0.4) is 0 Å². The zero-order valence-corrected chi connectivity index (χ0v) is 19.8. The average Bonchev–Trinajstić information content (AvgIpc) is 3.17. The lowest BCUT2D eigenvalue weighted by atomic mass is 10.1. The van der Waals surface area contributed by atoms with Gasteiger partial charge in [0.1, 0.15) is 5.69 Å². The molecule has 0 N–H and O–H groups in total. The van der Waals surface area contributed by atoms with Gasteiger partial charge in [-0.25, -0.2) is 9.78 Å². The molecule has 3 heterocycles. The van der Waals surface area contributed by atoms with Crippen molar-refractivity contribution in [3.05, 3.63) is 106 Å². The van der Waals surface area contributed by atoms with Gasteiger partial charge in [-0.15, -0.1) is 0 Å². The summed E-state index contributed by atoms with van der Waals surface area (Å²) in [5, 5.41) is 3.25. The molecule has 5 nitrogen and oxygen atoms in total. The average molecular weight is 490 g/mol. The molecule has 0 spiro atoms. The molecular formula is C27H21Cl2N3O2. The number of halogens is 2. The van der Waals surface area contributed by atoms with Crippen molar-refractivity contribution < 1.29 is 9.53 Å². The molecule has 5 rings (SSSR count). The molecule has 0 radical (unpaired) electrons. The highest BCUT2D eigenvalue weighted by atomic mass is 35.5. The van der Waals surface area contributed by atoms with Crippen LogP contribution in [0, 0.1) is 0 Å². The Morgan fingerprint density at radius 1 is 0.941 bits per heavy atom. The molecule has 0 saturated carbocycles. The maximum absolute atomic E-state index is 12.7. The quantitative estimate of drug-likeness (QED) is 0.188. The van der Waals surface area contributed by atoms with Gasteiger partial charge in [0, 0.05) is 45.3 Å². The van der Waals surface area contributed by atoms with E-state index in [1.807, 2.05) is 42.5 Å². The molecule has 5 aromatic rings. The van der Waals surface area contributed by atoms with E-state index < -0.39 is 5.97 Å². The Hall–Kier alpha value is -3.41. The lowest BCUT2D eigenvalue weighted by Gasteiger charge is -2.10. The predicted molar refractivity (Wildman–Crippen MR) is 136 cm³/mol. The van der Waals surface area contributed by atoms with E-state index in [1.54, 1.807) is 36.8 Å². The Bertz CT molecular complexity index is 1480. The molecule has 0 aliphatic carbocycles. The molecule has 0 aliphatic rings. The Labute approximate surface area is 206 Å². The lowest BCUT2D eigenvalue weighted by molar-refractivity contribution is 0.0494. The first-order valence-electron chi connectivity index (χ1n) is 11.0. The smallest absolute Gasteiger partial charge is 0.356 e. The summed E-state index contributed by atoms with van der Waals surface area (Å²) >= 11 is 12.6. The molecule has 7 heteroatoms. The zero-order chi connectivity index (χ0) is 23.5. The summed E-state index contributed by atoms with van der Waals surface area (Å²) in [4.78, 5) is 21.1. The van der Waals surface area contributed by atoms with Crippen LogP contribution in [0.2, 0.25) is 10.0 Å². The van der Waals surface area contributed by atoms with Gasteiger partial charge in [0.15, 0.2) is 0 Å². The van der Waals surface area contributed by atoms with Gasteiger partial charge in [0.2, 0.25) is 0 Å². The SMILES string of the molecule is O=C(OCCCc1ccncc1)c1cc2c3ccccc3n(Cc3cc(Cl)ccc3Cl)c2cn1. The minimum absolute atomic E-state index is 0.292. The Morgan fingerprint density at radius 2 is 1.76 bits per heavy atom. The summed E-state index contributed by atoms with van der Waals surface area (Å²) in [6, 6.07) is 19.2. The number of ether oxygens (including phenoxy) is 1. The van der Waals surface area contributed by atoms with Gasteiger partial charge >= 0.3 is 5.97 Å². The fraction of sp³-hybridized carbons (Fsp3) is 0.148. The van der Waals surface area contributed by atoms with E-state index in [2.05, 4.69) is 14.5 Å². The fourth-order valence-electron chi connectivity index (χ4n) is 4.13. The third kappa shape index (κ3) is 4.63. The van der Waals surface area contributed by atoms with Crippen molar-refractivity contribution in [1.29, 1.82) is 0 Å². The van der Waals surface area contributed by atoms with E-state index in [-0.39, 0.29) is 0 Å². The topological polar surface area (TPSA) is 57.0 Å². The molecule has 0 saturated heterocycles.